The van der Waals surface area contributed by atoms with E-state index in [-0.39, 0.29) is 10.5 Å². The van der Waals surface area contributed by atoms with Crippen LogP contribution in [0.5, 0.6) is 0 Å². The van der Waals surface area contributed by atoms with Gasteiger partial charge in [0.05, 0.1) is 23.3 Å². The van der Waals surface area contributed by atoms with Crippen LogP contribution < -0.4 is 4.72 Å². The zero-order valence-corrected chi connectivity index (χ0v) is 17.7. The van der Waals surface area contributed by atoms with E-state index >= 15 is 0 Å². The number of hydrogen-bond donors (Lipinski definition) is 1. The van der Waals surface area contributed by atoms with Crippen LogP contribution in [-0.4, -0.2) is 39.5 Å². The minimum absolute atomic E-state index is 0.0239. The third-order valence-corrected chi connectivity index (χ3v) is 6.81. The van der Waals surface area contributed by atoms with Crippen LogP contribution in [0.25, 0.3) is 0 Å². The van der Waals surface area contributed by atoms with E-state index < -0.39 is 16.0 Å². The molecular formula is C22H28N2O4S. The molecule has 0 bridgehead atoms. The number of nitrogens with zero attached hydrogens (tertiary/aromatic N) is 1. The number of anilines is 1. The fourth-order valence-electron chi connectivity index (χ4n) is 3.79. The lowest BCUT2D eigenvalue weighted by atomic mass is 9.94. The van der Waals surface area contributed by atoms with Gasteiger partial charge in [-0.1, -0.05) is 43.5 Å². The summed E-state index contributed by atoms with van der Waals surface area (Å²) in [6, 6.07) is 13.8. The summed E-state index contributed by atoms with van der Waals surface area (Å²) in [5.74, 6) is -0.573. The molecule has 6 nitrogen and oxygen atoms in total. The highest BCUT2D eigenvalue weighted by Gasteiger charge is 2.21. The number of hydrogen-bond acceptors (Lipinski definition) is 5. The molecule has 0 atom stereocenters. The lowest BCUT2D eigenvalue weighted by molar-refractivity contribution is 0.0600. The molecule has 0 radical (unpaired) electrons. The van der Waals surface area contributed by atoms with Gasteiger partial charge in [-0.3, -0.25) is 9.62 Å². The first-order valence-corrected chi connectivity index (χ1v) is 11.4. The average Bonchev–Trinajstić information content (AvgIpc) is 2.75. The Balaban J connectivity index is 1.80. The molecule has 0 amide bonds. The average molecular weight is 417 g/mol. The van der Waals surface area contributed by atoms with Gasteiger partial charge in [0.2, 0.25) is 0 Å². The van der Waals surface area contributed by atoms with Crippen molar-refractivity contribution in [3.8, 4) is 0 Å². The van der Waals surface area contributed by atoms with Gasteiger partial charge < -0.3 is 4.74 Å². The van der Waals surface area contributed by atoms with Gasteiger partial charge in [-0.15, -0.1) is 0 Å². The number of rotatable bonds is 7. The van der Waals surface area contributed by atoms with E-state index in [1.807, 2.05) is 18.2 Å². The van der Waals surface area contributed by atoms with E-state index in [2.05, 4.69) is 21.4 Å². The number of benzene rings is 2. The first kappa shape index (κ1) is 21.3. The second kappa shape index (κ2) is 9.41. The van der Waals surface area contributed by atoms with E-state index in [1.165, 1.54) is 63.5 Å². The number of carbonyl (C=O) groups excluding carboxylic acids is 1. The number of methoxy groups -OCH3 is 1. The molecule has 0 aromatic heterocycles. The van der Waals surface area contributed by atoms with Crippen molar-refractivity contribution >= 4 is 21.7 Å². The van der Waals surface area contributed by atoms with E-state index in [0.29, 0.717) is 18.3 Å². The Morgan fingerprint density at radius 2 is 1.83 bits per heavy atom. The molecule has 1 N–H and O–H groups in total. The van der Waals surface area contributed by atoms with Crippen LogP contribution in [0, 0.1) is 0 Å². The standard InChI is InChI=1S/C22H28N2O4S/c1-24(19-11-4-3-5-12-19)16-18-9-6-7-14-21(18)23-29(26,27)20-13-8-10-17(15-20)22(25)28-2/h6-10,13-15,19,23H,3-5,11-12,16H2,1-2H3. The highest BCUT2D eigenvalue weighted by Crippen LogP contribution is 2.26. The molecule has 1 saturated carbocycles. The van der Waals surface area contributed by atoms with E-state index in [0.717, 1.165) is 5.56 Å². The molecule has 0 heterocycles. The maximum absolute atomic E-state index is 12.9. The molecule has 0 aliphatic heterocycles. The van der Waals surface area contributed by atoms with Gasteiger partial charge in [-0.2, -0.15) is 0 Å². The SMILES string of the molecule is COC(=O)c1cccc(S(=O)(=O)Nc2ccccc2CN(C)C2CCCCC2)c1. The van der Waals surface area contributed by atoms with Crippen LogP contribution in [0.2, 0.25) is 0 Å². The third-order valence-electron chi connectivity index (χ3n) is 5.44. The van der Waals surface area contributed by atoms with Crippen LogP contribution in [0.1, 0.15) is 48.0 Å². The van der Waals surface area contributed by atoms with Gasteiger partial charge in [0.15, 0.2) is 0 Å². The molecular weight excluding hydrogens is 388 g/mol. The highest BCUT2D eigenvalue weighted by atomic mass is 32.2. The van der Waals surface area contributed by atoms with E-state index in [4.69, 9.17) is 0 Å². The number of sulfonamides is 1. The lowest BCUT2D eigenvalue weighted by Gasteiger charge is -2.31. The molecule has 3 rings (SSSR count). The van der Waals surface area contributed by atoms with Gasteiger partial charge in [0.25, 0.3) is 10.0 Å². The highest BCUT2D eigenvalue weighted by molar-refractivity contribution is 7.92. The summed E-state index contributed by atoms with van der Waals surface area (Å²) in [6.45, 7) is 0.672. The van der Waals surface area contributed by atoms with Crippen LogP contribution in [0.15, 0.2) is 53.4 Å². The maximum atomic E-state index is 12.9. The van der Waals surface area contributed by atoms with Crippen molar-refractivity contribution < 1.29 is 17.9 Å². The topological polar surface area (TPSA) is 75.7 Å². The molecule has 1 aliphatic carbocycles. The summed E-state index contributed by atoms with van der Waals surface area (Å²) in [4.78, 5) is 14.1. The second-order valence-electron chi connectivity index (χ2n) is 7.49. The number of ether oxygens (including phenoxy) is 1. The predicted molar refractivity (Wildman–Crippen MR) is 113 cm³/mol. The number of carbonyl (C=O) groups is 1. The molecule has 1 fully saturated rings. The second-order valence-corrected chi connectivity index (χ2v) is 9.17. The quantitative estimate of drug-likeness (QED) is 0.690. The molecule has 2 aromatic rings. The van der Waals surface area contributed by atoms with Crippen molar-refractivity contribution in [2.75, 3.05) is 18.9 Å². The predicted octanol–water partition coefficient (Wildman–Crippen LogP) is 4.04. The summed E-state index contributed by atoms with van der Waals surface area (Å²) in [5.41, 5.74) is 1.67. The summed E-state index contributed by atoms with van der Waals surface area (Å²) >= 11 is 0. The monoisotopic (exact) mass is 416 g/mol. The Morgan fingerprint density at radius 3 is 2.55 bits per heavy atom. The van der Waals surface area contributed by atoms with Crippen molar-refractivity contribution in [3.05, 3.63) is 59.7 Å². The Labute approximate surface area is 172 Å². The molecule has 29 heavy (non-hydrogen) atoms. The van der Waals surface area contributed by atoms with Crippen molar-refractivity contribution in [2.45, 2.75) is 49.6 Å². The molecule has 0 spiro atoms. The molecule has 7 heteroatoms. The van der Waals surface area contributed by atoms with Crippen LogP contribution in [0.3, 0.4) is 0 Å². The Bertz CT molecular complexity index is 953. The summed E-state index contributed by atoms with van der Waals surface area (Å²) in [6.07, 6.45) is 6.17. The molecule has 0 saturated heterocycles. The summed E-state index contributed by atoms with van der Waals surface area (Å²) in [5, 5.41) is 0. The Hall–Kier alpha value is -2.38. The van der Waals surface area contributed by atoms with E-state index in [9.17, 15) is 13.2 Å². The minimum Gasteiger partial charge on any atom is -0.465 e. The molecule has 1 aliphatic rings. The van der Waals surface area contributed by atoms with Gasteiger partial charge in [-0.25, -0.2) is 13.2 Å². The minimum atomic E-state index is -3.84. The Kier molecular flexibility index (Phi) is 6.92. The van der Waals surface area contributed by atoms with Crippen LogP contribution in [0.4, 0.5) is 5.69 Å². The zero-order valence-electron chi connectivity index (χ0n) is 16.9. The van der Waals surface area contributed by atoms with Crippen molar-refractivity contribution in [3.63, 3.8) is 0 Å². The van der Waals surface area contributed by atoms with Gasteiger partial charge in [0, 0.05) is 12.6 Å². The maximum Gasteiger partial charge on any atom is 0.337 e. The fourth-order valence-corrected chi connectivity index (χ4v) is 4.94. The number of esters is 1. The van der Waals surface area contributed by atoms with Crippen LogP contribution in [-0.2, 0) is 21.3 Å². The first-order valence-electron chi connectivity index (χ1n) is 9.90. The third kappa shape index (κ3) is 5.36. The molecule has 0 unspecified atom stereocenters. The van der Waals surface area contributed by atoms with Crippen LogP contribution >= 0.6 is 0 Å². The van der Waals surface area contributed by atoms with E-state index in [1.54, 1.807) is 6.07 Å². The van der Waals surface area contributed by atoms with Gasteiger partial charge >= 0.3 is 5.97 Å². The smallest absolute Gasteiger partial charge is 0.337 e. The normalized spacial score (nSPS) is 15.3. The van der Waals surface area contributed by atoms with Gasteiger partial charge in [0.1, 0.15) is 0 Å². The zero-order chi connectivity index (χ0) is 20.9. The number of para-hydroxylation sites is 1. The molecule has 2 aromatic carbocycles. The Morgan fingerprint density at radius 1 is 1.10 bits per heavy atom. The largest absolute Gasteiger partial charge is 0.465 e. The fraction of sp³-hybridized carbons (Fsp3) is 0.409. The van der Waals surface area contributed by atoms with Crippen molar-refractivity contribution in [2.24, 2.45) is 0 Å². The summed E-state index contributed by atoms with van der Waals surface area (Å²) in [7, 11) is -0.474. The number of nitrogens with one attached hydrogen (secondary N) is 1. The summed E-state index contributed by atoms with van der Waals surface area (Å²) < 4.78 is 33.2. The lowest BCUT2D eigenvalue weighted by Crippen LogP contribution is -2.33. The molecule has 156 valence electrons. The van der Waals surface area contributed by atoms with Gasteiger partial charge in [-0.05, 0) is 49.7 Å². The van der Waals surface area contributed by atoms with Crippen molar-refractivity contribution in [1.29, 1.82) is 0 Å². The first-order chi connectivity index (χ1) is 13.9. The van der Waals surface area contributed by atoms with Crippen molar-refractivity contribution in [1.82, 2.24) is 4.90 Å².